The lowest BCUT2D eigenvalue weighted by Crippen LogP contribution is -2.08. The van der Waals surface area contributed by atoms with Crippen LogP contribution in [0.2, 0.25) is 0 Å². The maximum Gasteiger partial charge on any atom is 0.160 e. The molecule has 1 aromatic carbocycles. The largest absolute Gasteiger partial charge is 0.160 e. The van der Waals surface area contributed by atoms with E-state index >= 15 is 0 Å². The van der Waals surface area contributed by atoms with Gasteiger partial charge >= 0.3 is 0 Å². The number of alkyl halides is 3. The normalized spacial score (nSPS) is 11.6. The van der Waals surface area contributed by atoms with Crippen molar-refractivity contribution in [2.75, 3.05) is 0 Å². The lowest BCUT2D eigenvalue weighted by Gasteiger charge is -2.14. The van der Waals surface area contributed by atoms with Crippen LogP contribution in [0, 0.1) is 0 Å². The Morgan fingerprint density at radius 3 is 2.00 bits per heavy atom. The molecule has 0 bridgehead atoms. The Labute approximate surface area is 93.7 Å². The minimum atomic E-state index is -0.300. The van der Waals surface area contributed by atoms with E-state index in [1.165, 1.54) is 0 Å². The highest BCUT2D eigenvalue weighted by Gasteiger charge is 2.21. The van der Waals surface area contributed by atoms with Gasteiger partial charge in [-0.15, -0.1) is 9.24 Å². The van der Waals surface area contributed by atoms with E-state index in [9.17, 15) is 0 Å². The fourth-order valence-electron chi connectivity index (χ4n) is 0.755. The quantitative estimate of drug-likeness (QED) is 0.491. The molecule has 11 heavy (non-hydrogen) atoms. The van der Waals surface area contributed by atoms with E-state index in [1.807, 2.05) is 24.3 Å². The second-order valence-electron chi connectivity index (χ2n) is 2.09. The van der Waals surface area contributed by atoms with Crippen molar-refractivity contribution in [3.05, 3.63) is 29.8 Å². The average molecular weight is 361 g/mol. The van der Waals surface area contributed by atoms with E-state index in [1.54, 1.807) is 0 Å². The van der Waals surface area contributed by atoms with Gasteiger partial charge in [0, 0.05) is 0 Å². The van der Waals surface area contributed by atoms with E-state index in [-0.39, 0.29) is 2.14 Å². The molecule has 0 nitrogen and oxygen atoms in total. The van der Waals surface area contributed by atoms with Crippen LogP contribution < -0.4 is 5.30 Å². The van der Waals surface area contributed by atoms with Crippen molar-refractivity contribution in [1.29, 1.82) is 0 Å². The molecule has 0 radical (unpaired) electrons. The van der Waals surface area contributed by atoms with Crippen molar-refractivity contribution in [3.63, 3.8) is 0 Å². The minimum Gasteiger partial charge on any atom is -0.105 e. The molecule has 0 heterocycles. The summed E-state index contributed by atoms with van der Waals surface area (Å²) in [4.78, 5) is 0. The molecular weight excluding hydrogens is 355 g/mol. The third-order valence-electron chi connectivity index (χ3n) is 1.27. The third kappa shape index (κ3) is 2.80. The number of hydrogen-bond donors (Lipinski definition) is 0. The summed E-state index contributed by atoms with van der Waals surface area (Å²) in [5.74, 6) is 0. The van der Waals surface area contributed by atoms with Crippen LogP contribution in [-0.2, 0) is 2.14 Å². The Morgan fingerprint density at radius 1 is 1.09 bits per heavy atom. The van der Waals surface area contributed by atoms with Crippen LogP contribution in [0.1, 0.15) is 5.56 Å². The zero-order valence-corrected chi connectivity index (χ0v) is 11.4. The van der Waals surface area contributed by atoms with Gasteiger partial charge in [0.1, 0.15) is 0 Å². The van der Waals surface area contributed by atoms with Crippen LogP contribution in [0.3, 0.4) is 0 Å². The van der Waals surface area contributed by atoms with Crippen molar-refractivity contribution in [2.24, 2.45) is 0 Å². The number of halogens is 3. The summed E-state index contributed by atoms with van der Waals surface area (Å²) in [5.41, 5.74) is 1.16. The average Bonchev–Trinajstić information content (AvgIpc) is 1.86. The monoisotopic (exact) mass is 358 g/mol. The van der Waals surface area contributed by atoms with Crippen molar-refractivity contribution < 1.29 is 0 Å². The molecule has 0 aliphatic rings. The van der Waals surface area contributed by atoms with E-state index in [4.69, 9.17) is 0 Å². The Hall–Kier alpha value is 1.09. The highest BCUT2D eigenvalue weighted by atomic mass is 80.0. The molecule has 1 aromatic rings. The van der Waals surface area contributed by atoms with E-state index in [0.717, 1.165) is 10.9 Å². The molecule has 0 aliphatic carbocycles. The SMILES string of the molecule is Pc1ccccc1C(Br)(Br)Br. The van der Waals surface area contributed by atoms with E-state index in [0.29, 0.717) is 0 Å². The maximum absolute atomic E-state index is 3.46. The van der Waals surface area contributed by atoms with Crippen LogP contribution in [0.4, 0.5) is 0 Å². The predicted octanol–water partition coefficient (Wildman–Crippen LogP) is 3.48. The van der Waals surface area contributed by atoms with Gasteiger partial charge in [-0.1, -0.05) is 72.1 Å². The Kier molecular flexibility index (Phi) is 3.57. The molecule has 0 aliphatic heterocycles. The summed E-state index contributed by atoms with van der Waals surface area (Å²) in [5, 5.41) is 1.16. The first-order valence-corrected chi connectivity index (χ1v) is 5.89. The first kappa shape index (κ1) is 10.2. The summed E-state index contributed by atoms with van der Waals surface area (Å²) in [6, 6.07) is 8.09. The van der Waals surface area contributed by atoms with E-state index < -0.39 is 0 Å². The van der Waals surface area contributed by atoms with E-state index in [2.05, 4.69) is 57.0 Å². The van der Waals surface area contributed by atoms with Crippen molar-refractivity contribution >= 4 is 62.3 Å². The van der Waals surface area contributed by atoms with Gasteiger partial charge in [-0.2, -0.15) is 0 Å². The van der Waals surface area contributed by atoms with Gasteiger partial charge in [0.05, 0.1) is 0 Å². The Morgan fingerprint density at radius 2 is 1.64 bits per heavy atom. The lowest BCUT2D eigenvalue weighted by molar-refractivity contribution is 1.40. The molecule has 1 atom stereocenters. The van der Waals surface area contributed by atoms with Gasteiger partial charge in [-0.05, 0) is 10.9 Å². The van der Waals surface area contributed by atoms with Crippen LogP contribution in [0.5, 0.6) is 0 Å². The van der Waals surface area contributed by atoms with Gasteiger partial charge in [0.15, 0.2) is 2.14 Å². The molecule has 0 saturated heterocycles. The first-order valence-electron chi connectivity index (χ1n) is 2.93. The van der Waals surface area contributed by atoms with Crippen LogP contribution in [-0.4, -0.2) is 0 Å². The first-order chi connectivity index (χ1) is 5.02. The van der Waals surface area contributed by atoms with Gasteiger partial charge in [-0.3, -0.25) is 0 Å². The fourth-order valence-corrected chi connectivity index (χ4v) is 2.90. The zero-order chi connectivity index (χ0) is 8.48. The molecular formula is C7H6Br3P. The maximum atomic E-state index is 3.46. The number of hydrogen-bond acceptors (Lipinski definition) is 0. The highest BCUT2D eigenvalue weighted by molar-refractivity contribution is 9.38. The summed E-state index contributed by atoms with van der Waals surface area (Å²) in [7, 11) is 2.68. The molecule has 0 saturated carbocycles. The zero-order valence-electron chi connectivity index (χ0n) is 5.52. The fraction of sp³-hybridized carbons (Fsp3) is 0.143. The van der Waals surface area contributed by atoms with Gasteiger partial charge in [-0.25, -0.2) is 0 Å². The highest BCUT2D eigenvalue weighted by Crippen LogP contribution is 2.43. The van der Waals surface area contributed by atoms with Crippen LogP contribution in [0.25, 0.3) is 0 Å². The van der Waals surface area contributed by atoms with Crippen molar-refractivity contribution in [2.45, 2.75) is 2.14 Å². The lowest BCUT2D eigenvalue weighted by atomic mass is 10.2. The third-order valence-corrected chi connectivity index (χ3v) is 3.05. The van der Waals surface area contributed by atoms with Gasteiger partial charge in [0.2, 0.25) is 0 Å². The second kappa shape index (κ2) is 3.87. The minimum absolute atomic E-state index is 0.300. The standard InChI is InChI=1S/C7H6Br3P/c8-7(9,10)5-3-1-2-4-6(5)11/h1-4H,11H2. The van der Waals surface area contributed by atoms with Crippen molar-refractivity contribution in [1.82, 2.24) is 0 Å². The summed E-state index contributed by atoms with van der Waals surface area (Å²) in [6.45, 7) is 0. The van der Waals surface area contributed by atoms with Gasteiger partial charge < -0.3 is 0 Å². The second-order valence-corrected chi connectivity index (χ2v) is 9.47. The molecule has 0 amide bonds. The summed E-state index contributed by atoms with van der Waals surface area (Å²) < 4.78 is -0.300. The Bertz CT molecular complexity index is 254. The molecule has 0 spiro atoms. The number of benzene rings is 1. The molecule has 0 fully saturated rings. The Balaban J connectivity index is 3.14. The van der Waals surface area contributed by atoms with Crippen LogP contribution >= 0.6 is 57.0 Å². The van der Waals surface area contributed by atoms with Gasteiger partial charge in [0.25, 0.3) is 0 Å². The molecule has 0 N–H and O–H groups in total. The molecule has 60 valence electrons. The molecule has 1 rings (SSSR count). The molecule has 1 unspecified atom stereocenters. The van der Waals surface area contributed by atoms with Crippen LogP contribution in [0.15, 0.2) is 24.3 Å². The molecule has 0 aromatic heterocycles. The molecule has 4 heteroatoms. The summed E-state index contributed by atoms with van der Waals surface area (Å²) >= 11 is 10.4. The van der Waals surface area contributed by atoms with Crippen molar-refractivity contribution in [3.8, 4) is 0 Å². The summed E-state index contributed by atoms with van der Waals surface area (Å²) in [6.07, 6.45) is 0. The topological polar surface area (TPSA) is 0 Å². The number of rotatable bonds is 0. The predicted molar refractivity (Wildman–Crippen MR) is 64.2 cm³/mol. The smallest absolute Gasteiger partial charge is 0.105 e.